The minimum atomic E-state index is 0.243. The smallest absolute Gasteiger partial charge is 0.138 e. The van der Waals surface area contributed by atoms with Crippen LogP contribution < -0.4 is 10.1 Å². The highest BCUT2D eigenvalue weighted by atomic mass is 32.1. The third-order valence-corrected chi connectivity index (χ3v) is 6.45. The van der Waals surface area contributed by atoms with Crippen molar-refractivity contribution >= 4 is 27.4 Å². The Morgan fingerprint density at radius 2 is 1.96 bits per heavy atom. The first kappa shape index (κ1) is 18.2. The lowest BCUT2D eigenvalue weighted by atomic mass is 10.1. The molecule has 142 valence electrons. The topological polar surface area (TPSA) is 50.3 Å². The summed E-state index contributed by atoms with van der Waals surface area (Å²) in [6.45, 7) is 2.76. The van der Waals surface area contributed by atoms with Gasteiger partial charge in [0, 0.05) is 11.4 Å². The number of anilines is 1. The molecule has 0 unspecified atom stereocenters. The van der Waals surface area contributed by atoms with Gasteiger partial charge in [-0.25, -0.2) is 9.97 Å². The average Bonchev–Trinajstić information content (AvgIpc) is 3.22. The maximum absolute atomic E-state index is 5.29. The molecule has 2 aromatic heterocycles. The maximum Gasteiger partial charge on any atom is 0.138 e. The Hall–Kier alpha value is -2.18. The van der Waals surface area contributed by atoms with E-state index in [4.69, 9.17) is 9.72 Å². The van der Waals surface area contributed by atoms with Crippen molar-refractivity contribution in [2.45, 2.75) is 32.2 Å². The van der Waals surface area contributed by atoms with Gasteiger partial charge < -0.3 is 15.0 Å². The molecule has 1 atom stereocenters. The van der Waals surface area contributed by atoms with E-state index in [0.717, 1.165) is 35.2 Å². The first-order chi connectivity index (χ1) is 13.1. The molecule has 1 aliphatic carbocycles. The molecule has 3 aromatic rings. The highest BCUT2D eigenvalue weighted by Crippen LogP contribution is 2.39. The maximum atomic E-state index is 5.29. The number of fused-ring (bicyclic) bond motifs is 3. The summed E-state index contributed by atoms with van der Waals surface area (Å²) in [5, 5.41) is 4.88. The summed E-state index contributed by atoms with van der Waals surface area (Å²) in [5.74, 6) is 2.69. The Morgan fingerprint density at radius 1 is 1.19 bits per heavy atom. The van der Waals surface area contributed by atoms with E-state index in [-0.39, 0.29) is 6.04 Å². The second kappa shape index (κ2) is 7.44. The summed E-state index contributed by atoms with van der Waals surface area (Å²) in [7, 11) is 5.92. The molecule has 1 aliphatic rings. The van der Waals surface area contributed by atoms with Crippen LogP contribution in [0, 0.1) is 6.92 Å². The standard InChI is InChI=1S/C21H26N4OS/c1-13-23-20(19-16-6-5-7-18(16)27-21(19)24-13)22-12-17(25(2)3)14-8-10-15(26-4)11-9-14/h8-11,17H,5-7,12H2,1-4H3,(H,22,23,24)/t17-/m0/s1. The summed E-state index contributed by atoms with van der Waals surface area (Å²) in [6, 6.07) is 8.55. The molecule has 1 aromatic carbocycles. The van der Waals surface area contributed by atoms with E-state index >= 15 is 0 Å². The molecule has 0 amide bonds. The van der Waals surface area contributed by atoms with Crippen molar-refractivity contribution in [3.05, 3.63) is 46.1 Å². The van der Waals surface area contributed by atoms with Gasteiger partial charge in [0.2, 0.25) is 0 Å². The predicted molar refractivity (Wildman–Crippen MR) is 112 cm³/mol. The molecular formula is C21H26N4OS. The van der Waals surface area contributed by atoms with E-state index in [1.807, 2.05) is 30.4 Å². The van der Waals surface area contributed by atoms with Gasteiger partial charge in [-0.15, -0.1) is 11.3 Å². The molecule has 2 heterocycles. The van der Waals surface area contributed by atoms with E-state index in [2.05, 4.69) is 41.4 Å². The highest BCUT2D eigenvalue weighted by molar-refractivity contribution is 7.19. The van der Waals surface area contributed by atoms with Crippen molar-refractivity contribution in [3.8, 4) is 5.75 Å². The van der Waals surface area contributed by atoms with Gasteiger partial charge >= 0.3 is 0 Å². The number of rotatable bonds is 6. The van der Waals surface area contributed by atoms with E-state index in [1.165, 1.54) is 34.2 Å². The number of nitrogens with one attached hydrogen (secondary N) is 1. The van der Waals surface area contributed by atoms with Crippen LogP contribution in [0.2, 0.25) is 0 Å². The number of thiophene rings is 1. The zero-order chi connectivity index (χ0) is 19.0. The first-order valence-corrected chi connectivity index (χ1v) is 10.2. The van der Waals surface area contributed by atoms with Crippen molar-refractivity contribution in [3.63, 3.8) is 0 Å². The molecule has 27 heavy (non-hydrogen) atoms. The molecule has 4 rings (SSSR count). The van der Waals surface area contributed by atoms with Gasteiger partial charge in [-0.1, -0.05) is 12.1 Å². The second-order valence-electron chi connectivity index (χ2n) is 7.29. The van der Waals surface area contributed by atoms with Gasteiger partial charge in [-0.05, 0) is 63.5 Å². The fourth-order valence-electron chi connectivity index (χ4n) is 3.85. The summed E-state index contributed by atoms with van der Waals surface area (Å²) < 4.78 is 5.29. The summed E-state index contributed by atoms with van der Waals surface area (Å²) in [4.78, 5) is 14.3. The molecule has 0 bridgehead atoms. The number of nitrogens with zero attached hydrogens (tertiary/aromatic N) is 3. The number of hydrogen-bond donors (Lipinski definition) is 1. The normalized spacial score (nSPS) is 14.6. The van der Waals surface area contributed by atoms with Gasteiger partial charge in [-0.2, -0.15) is 0 Å². The first-order valence-electron chi connectivity index (χ1n) is 9.40. The zero-order valence-corrected chi connectivity index (χ0v) is 17.2. The lowest BCUT2D eigenvalue weighted by molar-refractivity contribution is 0.311. The Balaban J connectivity index is 1.62. The molecule has 0 saturated carbocycles. The lowest BCUT2D eigenvalue weighted by Crippen LogP contribution is -2.27. The summed E-state index contributed by atoms with van der Waals surface area (Å²) >= 11 is 1.84. The van der Waals surface area contributed by atoms with E-state index in [9.17, 15) is 0 Å². The molecule has 0 spiro atoms. The van der Waals surface area contributed by atoms with Crippen LogP contribution in [0.25, 0.3) is 10.2 Å². The lowest BCUT2D eigenvalue weighted by Gasteiger charge is -2.25. The number of likely N-dealkylation sites (N-methyl/N-ethyl adjacent to an activating group) is 1. The largest absolute Gasteiger partial charge is 0.497 e. The quantitative estimate of drug-likeness (QED) is 0.692. The van der Waals surface area contributed by atoms with Crippen molar-refractivity contribution in [1.82, 2.24) is 14.9 Å². The van der Waals surface area contributed by atoms with Crippen LogP contribution in [0.5, 0.6) is 5.75 Å². The average molecular weight is 383 g/mol. The van der Waals surface area contributed by atoms with Crippen LogP contribution >= 0.6 is 11.3 Å². The number of methoxy groups -OCH3 is 1. The minimum Gasteiger partial charge on any atom is -0.497 e. The van der Waals surface area contributed by atoms with Gasteiger partial charge in [0.15, 0.2) is 0 Å². The van der Waals surface area contributed by atoms with Crippen molar-refractivity contribution < 1.29 is 4.74 Å². The number of ether oxygens (including phenoxy) is 1. The predicted octanol–water partition coefficient (Wildman–Crippen LogP) is 4.21. The van der Waals surface area contributed by atoms with E-state index < -0.39 is 0 Å². The molecule has 1 N–H and O–H groups in total. The van der Waals surface area contributed by atoms with Crippen LogP contribution in [-0.4, -0.2) is 42.6 Å². The SMILES string of the molecule is COc1ccc([C@H](CNc2nc(C)nc3sc4c(c23)CCC4)N(C)C)cc1. The third-order valence-electron chi connectivity index (χ3n) is 5.26. The number of benzene rings is 1. The van der Waals surface area contributed by atoms with Crippen molar-refractivity contribution in [2.75, 3.05) is 33.1 Å². The Kier molecular flexibility index (Phi) is 5.02. The highest BCUT2D eigenvalue weighted by Gasteiger charge is 2.23. The Bertz CT molecular complexity index is 949. The summed E-state index contributed by atoms with van der Waals surface area (Å²) in [6.07, 6.45) is 3.57. The number of aryl methyl sites for hydroxylation is 3. The molecule has 0 saturated heterocycles. The fourth-order valence-corrected chi connectivity index (χ4v) is 5.16. The second-order valence-corrected chi connectivity index (χ2v) is 8.37. The number of aromatic nitrogens is 2. The van der Waals surface area contributed by atoms with Gasteiger partial charge in [0.05, 0.1) is 18.5 Å². The molecule has 5 nitrogen and oxygen atoms in total. The minimum absolute atomic E-state index is 0.243. The summed E-state index contributed by atoms with van der Waals surface area (Å²) in [5.41, 5.74) is 2.72. The molecule has 0 radical (unpaired) electrons. The van der Waals surface area contributed by atoms with Crippen LogP contribution in [0.4, 0.5) is 5.82 Å². The van der Waals surface area contributed by atoms with Gasteiger partial charge in [0.1, 0.15) is 22.2 Å². The third kappa shape index (κ3) is 3.51. The molecular weight excluding hydrogens is 356 g/mol. The van der Waals surface area contributed by atoms with Crippen LogP contribution in [0.1, 0.15) is 34.3 Å². The van der Waals surface area contributed by atoms with Gasteiger partial charge in [0.25, 0.3) is 0 Å². The van der Waals surface area contributed by atoms with Crippen LogP contribution in [-0.2, 0) is 12.8 Å². The van der Waals surface area contributed by atoms with Crippen LogP contribution in [0.15, 0.2) is 24.3 Å². The van der Waals surface area contributed by atoms with E-state index in [0.29, 0.717) is 0 Å². The van der Waals surface area contributed by atoms with Gasteiger partial charge in [-0.3, -0.25) is 0 Å². The van der Waals surface area contributed by atoms with Crippen molar-refractivity contribution in [1.29, 1.82) is 0 Å². The Morgan fingerprint density at radius 3 is 2.67 bits per heavy atom. The molecule has 0 aliphatic heterocycles. The zero-order valence-electron chi connectivity index (χ0n) is 16.4. The van der Waals surface area contributed by atoms with Crippen molar-refractivity contribution in [2.24, 2.45) is 0 Å². The monoisotopic (exact) mass is 382 g/mol. The molecule has 0 fully saturated rings. The van der Waals surface area contributed by atoms with E-state index in [1.54, 1.807) is 7.11 Å². The molecule has 6 heteroatoms. The number of hydrogen-bond acceptors (Lipinski definition) is 6. The van der Waals surface area contributed by atoms with Crippen LogP contribution in [0.3, 0.4) is 0 Å². The fraction of sp³-hybridized carbons (Fsp3) is 0.429. The Labute approximate surface area is 164 Å².